The summed E-state index contributed by atoms with van der Waals surface area (Å²) in [5, 5.41) is 0. The lowest BCUT2D eigenvalue weighted by Gasteiger charge is -2.16. The standard InChI is InChI=1S/C10H15IN2O/c1-7(2)4-8(3)14-10-9(11)5-12-6-13-10/h5-8H,4H2,1-3H3. The van der Waals surface area contributed by atoms with Gasteiger partial charge in [-0.15, -0.1) is 0 Å². The first-order valence-electron chi connectivity index (χ1n) is 4.71. The monoisotopic (exact) mass is 306 g/mol. The van der Waals surface area contributed by atoms with Crippen LogP contribution in [0, 0.1) is 9.49 Å². The van der Waals surface area contributed by atoms with Crippen LogP contribution in [0.15, 0.2) is 12.5 Å². The van der Waals surface area contributed by atoms with Crippen LogP contribution in [0.4, 0.5) is 0 Å². The molecule has 0 aliphatic rings. The van der Waals surface area contributed by atoms with Crippen LogP contribution in [0.5, 0.6) is 5.88 Å². The zero-order valence-corrected chi connectivity index (χ0v) is 10.9. The third-order valence-electron chi connectivity index (χ3n) is 1.75. The summed E-state index contributed by atoms with van der Waals surface area (Å²) in [5.74, 6) is 1.33. The molecular formula is C10H15IN2O. The van der Waals surface area contributed by atoms with E-state index >= 15 is 0 Å². The van der Waals surface area contributed by atoms with E-state index in [-0.39, 0.29) is 6.10 Å². The number of hydrogen-bond acceptors (Lipinski definition) is 3. The van der Waals surface area contributed by atoms with Gasteiger partial charge >= 0.3 is 0 Å². The number of rotatable bonds is 4. The van der Waals surface area contributed by atoms with Gasteiger partial charge in [0.25, 0.3) is 0 Å². The van der Waals surface area contributed by atoms with Crippen molar-refractivity contribution in [2.75, 3.05) is 0 Å². The summed E-state index contributed by atoms with van der Waals surface area (Å²) < 4.78 is 6.66. The Morgan fingerprint density at radius 3 is 2.71 bits per heavy atom. The fraction of sp³-hybridized carbons (Fsp3) is 0.600. The Labute approximate surface area is 98.4 Å². The van der Waals surface area contributed by atoms with E-state index in [1.165, 1.54) is 6.33 Å². The Balaban J connectivity index is 2.56. The molecule has 0 aliphatic carbocycles. The molecule has 1 atom stereocenters. The van der Waals surface area contributed by atoms with Gasteiger partial charge in [-0.25, -0.2) is 9.97 Å². The van der Waals surface area contributed by atoms with Gasteiger partial charge in [0, 0.05) is 6.20 Å². The van der Waals surface area contributed by atoms with Crippen LogP contribution in [0.1, 0.15) is 27.2 Å². The van der Waals surface area contributed by atoms with Gasteiger partial charge in [0.1, 0.15) is 6.33 Å². The topological polar surface area (TPSA) is 35.0 Å². The maximum atomic E-state index is 5.70. The van der Waals surface area contributed by atoms with Gasteiger partial charge < -0.3 is 4.74 Å². The van der Waals surface area contributed by atoms with Crippen molar-refractivity contribution in [1.82, 2.24) is 9.97 Å². The van der Waals surface area contributed by atoms with E-state index in [2.05, 4.69) is 53.3 Å². The molecule has 0 saturated heterocycles. The van der Waals surface area contributed by atoms with Crippen molar-refractivity contribution in [2.45, 2.75) is 33.3 Å². The van der Waals surface area contributed by atoms with Crippen LogP contribution in [0.25, 0.3) is 0 Å². The van der Waals surface area contributed by atoms with Crippen LogP contribution >= 0.6 is 22.6 Å². The summed E-state index contributed by atoms with van der Waals surface area (Å²) >= 11 is 2.18. The Kier molecular flexibility index (Phi) is 4.57. The lowest BCUT2D eigenvalue weighted by Crippen LogP contribution is -2.15. The van der Waals surface area contributed by atoms with Crippen LogP contribution < -0.4 is 4.74 Å². The molecule has 0 spiro atoms. The van der Waals surface area contributed by atoms with Gasteiger partial charge in [-0.2, -0.15) is 0 Å². The molecule has 0 radical (unpaired) electrons. The van der Waals surface area contributed by atoms with Crippen molar-refractivity contribution in [3.8, 4) is 5.88 Å². The average molecular weight is 306 g/mol. The van der Waals surface area contributed by atoms with E-state index in [9.17, 15) is 0 Å². The second-order valence-electron chi connectivity index (χ2n) is 3.73. The molecule has 3 nitrogen and oxygen atoms in total. The minimum absolute atomic E-state index is 0.207. The van der Waals surface area contributed by atoms with Crippen molar-refractivity contribution in [2.24, 2.45) is 5.92 Å². The average Bonchev–Trinajstić information content (AvgIpc) is 2.07. The summed E-state index contributed by atoms with van der Waals surface area (Å²) in [4.78, 5) is 8.00. The maximum Gasteiger partial charge on any atom is 0.230 e. The SMILES string of the molecule is CC(C)CC(C)Oc1ncncc1I. The zero-order valence-electron chi connectivity index (χ0n) is 8.70. The van der Waals surface area contributed by atoms with E-state index < -0.39 is 0 Å². The number of nitrogens with zero attached hydrogens (tertiary/aromatic N) is 2. The summed E-state index contributed by atoms with van der Waals surface area (Å²) in [6, 6.07) is 0. The molecule has 78 valence electrons. The molecule has 4 heteroatoms. The van der Waals surface area contributed by atoms with Gasteiger partial charge in [0.15, 0.2) is 0 Å². The van der Waals surface area contributed by atoms with E-state index in [0.717, 1.165) is 9.99 Å². The largest absolute Gasteiger partial charge is 0.474 e. The molecule has 1 unspecified atom stereocenters. The minimum Gasteiger partial charge on any atom is -0.474 e. The highest BCUT2D eigenvalue weighted by molar-refractivity contribution is 14.1. The van der Waals surface area contributed by atoms with E-state index in [1.807, 2.05) is 0 Å². The van der Waals surface area contributed by atoms with Gasteiger partial charge in [-0.3, -0.25) is 0 Å². The zero-order chi connectivity index (χ0) is 10.6. The molecule has 1 aromatic rings. The second kappa shape index (κ2) is 5.48. The second-order valence-corrected chi connectivity index (χ2v) is 4.90. The third kappa shape index (κ3) is 3.77. The molecule has 1 heterocycles. The Morgan fingerprint density at radius 2 is 2.14 bits per heavy atom. The van der Waals surface area contributed by atoms with E-state index in [1.54, 1.807) is 6.20 Å². The maximum absolute atomic E-state index is 5.70. The highest BCUT2D eigenvalue weighted by Gasteiger charge is 2.09. The van der Waals surface area contributed by atoms with Crippen LogP contribution in [-0.2, 0) is 0 Å². The molecule has 0 aromatic carbocycles. The van der Waals surface area contributed by atoms with Gasteiger partial charge in [-0.1, -0.05) is 13.8 Å². The summed E-state index contributed by atoms with van der Waals surface area (Å²) in [6.45, 7) is 6.44. The molecule has 1 aromatic heterocycles. The van der Waals surface area contributed by atoms with Crippen molar-refractivity contribution in [3.63, 3.8) is 0 Å². The van der Waals surface area contributed by atoms with E-state index in [0.29, 0.717) is 11.8 Å². The first kappa shape index (κ1) is 11.7. The van der Waals surface area contributed by atoms with Crippen LogP contribution in [-0.4, -0.2) is 16.1 Å². The first-order valence-corrected chi connectivity index (χ1v) is 5.79. The quantitative estimate of drug-likeness (QED) is 0.802. The highest BCUT2D eigenvalue weighted by atomic mass is 127. The Bertz CT molecular complexity index is 291. The molecular weight excluding hydrogens is 291 g/mol. The number of hydrogen-bond donors (Lipinski definition) is 0. The third-order valence-corrected chi connectivity index (χ3v) is 2.49. The number of halogens is 1. The molecule has 0 fully saturated rings. The molecule has 1 rings (SSSR count). The molecule has 0 aliphatic heterocycles. The predicted molar refractivity (Wildman–Crippen MR) is 64.3 cm³/mol. The smallest absolute Gasteiger partial charge is 0.230 e. The van der Waals surface area contributed by atoms with Crippen molar-refractivity contribution in [3.05, 3.63) is 16.1 Å². The Morgan fingerprint density at radius 1 is 1.43 bits per heavy atom. The van der Waals surface area contributed by atoms with E-state index in [4.69, 9.17) is 4.74 Å². The fourth-order valence-corrected chi connectivity index (χ4v) is 1.72. The molecule has 0 saturated carbocycles. The molecule has 14 heavy (non-hydrogen) atoms. The van der Waals surface area contributed by atoms with Crippen LogP contribution in [0.2, 0.25) is 0 Å². The summed E-state index contributed by atoms with van der Waals surface area (Å²) in [6.07, 6.45) is 4.52. The molecule has 0 amide bonds. The van der Waals surface area contributed by atoms with Crippen molar-refractivity contribution < 1.29 is 4.74 Å². The minimum atomic E-state index is 0.207. The lowest BCUT2D eigenvalue weighted by molar-refractivity contribution is 0.184. The first-order chi connectivity index (χ1) is 6.59. The van der Waals surface area contributed by atoms with Crippen molar-refractivity contribution in [1.29, 1.82) is 0 Å². The Hall–Kier alpha value is -0.390. The summed E-state index contributed by atoms with van der Waals surface area (Å²) in [5.41, 5.74) is 0. The van der Waals surface area contributed by atoms with Gasteiger partial charge in [0.2, 0.25) is 5.88 Å². The molecule has 0 N–H and O–H groups in total. The molecule has 0 bridgehead atoms. The highest BCUT2D eigenvalue weighted by Crippen LogP contribution is 2.18. The number of ether oxygens (including phenoxy) is 1. The number of aromatic nitrogens is 2. The predicted octanol–water partition coefficient (Wildman–Crippen LogP) is 2.89. The van der Waals surface area contributed by atoms with Crippen LogP contribution in [0.3, 0.4) is 0 Å². The lowest BCUT2D eigenvalue weighted by atomic mass is 10.1. The normalized spacial score (nSPS) is 12.9. The van der Waals surface area contributed by atoms with Gasteiger partial charge in [0.05, 0.1) is 9.67 Å². The van der Waals surface area contributed by atoms with Gasteiger partial charge in [-0.05, 0) is 41.9 Å². The van der Waals surface area contributed by atoms with Crippen molar-refractivity contribution >= 4 is 22.6 Å². The summed E-state index contributed by atoms with van der Waals surface area (Å²) in [7, 11) is 0. The fourth-order valence-electron chi connectivity index (χ4n) is 1.29.